The molecule has 0 fully saturated rings. The van der Waals surface area contributed by atoms with Crippen molar-refractivity contribution in [2.24, 2.45) is 0 Å². The molecule has 94 valence electrons. The van der Waals surface area contributed by atoms with E-state index in [0.717, 1.165) is 0 Å². The number of aromatic hydroxyl groups is 2. The Hall–Kier alpha value is -2.36. The van der Waals surface area contributed by atoms with E-state index < -0.39 is 0 Å². The lowest BCUT2D eigenvalue weighted by atomic mass is 10.3. The van der Waals surface area contributed by atoms with Gasteiger partial charge < -0.3 is 19.7 Å². The van der Waals surface area contributed by atoms with E-state index in [-0.39, 0.29) is 11.5 Å². The molecule has 2 aromatic rings. The smallest absolute Gasteiger partial charge is 0.123 e. The molecule has 0 saturated heterocycles. The van der Waals surface area contributed by atoms with Crippen LogP contribution in [0.15, 0.2) is 48.5 Å². The van der Waals surface area contributed by atoms with Gasteiger partial charge >= 0.3 is 0 Å². The molecule has 2 rings (SSSR count). The lowest BCUT2D eigenvalue weighted by molar-refractivity contribution is 0.216. The van der Waals surface area contributed by atoms with Gasteiger partial charge in [0.2, 0.25) is 0 Å². The maximum Gasteiger partial charge on any atom is 0.123 e. The van der Waals surface area contributed by atoms with Gasteiger partial charge in [-0.15, -0.1) is 0 Å². The summed E-state index contributed by atoms with van der Waals surface area (Å²) in [6, 6.07) is 13.2. The second-order valence-electron chi connectivity index (χ2n) is 3.69. The number of phenols is 2. The number of phenolic OH excluding ortho intramolecular Hbond substituents is 2. The Balaban J connectivity index is 1.76. The Morgan fingerprint density at radius 2 is 1.17 bits per heavy atom. The summed E-state index contributed by atoms with van der Waals surface area (Å²) in [5.74, 6) is 1.52. The zero-order valence-electron chi connectivity index (χ0n) is 9.74. The maximum absolute atomic E-state index is 9.24. The molecule has 0 aromatic heterocycles. The topological polar surface area (TPSA) is 58.9 Å². The summed E-state index contributed by atoms with van der Waals surface area (Å²) >= 11 is 0. The highest BCUT2D eigenvalue weighted by Crippen LogP contribution is 2.19. The molecule has 2 N–H and O–H groups in total. The van der Waals surface area contributed by atoms with Gasteiger partial charge in [0, 0.05) is 12.1 Å². The molecule has 0 aliphatic carbocycles. The highest BCUT2D eigenvalue weighted by Gasteiger charge is 1.97. The summed E-state index contributed by atoms with van der Waals surface area (Å²) in [4.78, 5) is 0. The summed E-state index contributed by atoms with van der Waals surface area (Å²) in [5, 5.41) is 18.5. The molecule has 0 radical (unpaired) electrons. The minimum absolute atomic E-state index is 0.168. The predicted molar refractivity (Wildman–Crippen MR) is 67.2 cm³/mol. The van der Waals surface area contributed by atoms with Gasteiger partial charge in [-0.05, 0) is 24.3 Å². The Morgan fingerprint density at radius 1 is 0.722 bits per heavy atom. The summed E-state index contributed by atoms with van der Waals surface area (Å²) in [6.07, 6.45) is 0. The quantitative estimate of drug-likeness (QED) is 0.796. The van der Waals surface area contributed by atoms with Crippen molar-refractivity contribution in [3.05, 3.63) is 48.5 Å². The van der Waals surface area contributed by atoms with Crippen molar-refractivity contribution < 1.29 is 19.7 Å². The van der Waals surface area contributed by atoms with Gasteiger partial charge in [0.25, 0.3) is 0 Å². The van der Waals surface area contributed by atoms with Crippen LogP contribution in [-0.2, 0) is 0 Å². The van der Waals surface area contributed by atoms with Crippen LogP contribution < -0.4 is 9.47 Å². The average molecular weight is 246 g/mol. The number of rotatable bonds is 5. The molecule has 2 aromatic carbocycles. The SMILES string of the molecule is Oc1cccc(OCCOc2cccc(O)c2)c1. The second kappa shape index (κ2) is 5.82. The first-order valence-corrected chi connectivity index (χ1v) is 5.58. The van der Waals surface area contributed by atoms with E-state index >= 15 is 0 Å². The summed E-state index contributed by atoms with van der Waals surface area (Å²) < 4.78 is 10.8. The predicted octanol–water partition coefficient (Wildman–Crippen LogP) is 2.56. The highest BCUT2D eigenvalue weighted by molar-refractivity contribution is 5.32. The largest absolute Gasteiger partial charge is 0.508 e. The first-order valence-electron chi connectivity index (χ1n) is 5.58. The van der Waals surface area contributed by atoms with Crippen molar-refractivity contribution in [3.63, 3.8) is 0 Å². The van der Waals surface area contributed by atoms with Crippen LogP contribution in [0.25, 0.3) is 0 Å². The number of ether oxygens (including phenoxy) is 2. The van der Waals surface area contributed by atoms with Crippen molar-refractivity contribution in [2.75, 3.05) is 13.2 Å². The van der Waals surface area contributed by atoms with Crippen LogP contribution in [0, 0.1) is 0 Å². The Labute approximate surface area is 105 Å². The molecule has 0 aliphatic rings. The van der Waals surface area contributed by atoms with Gasteiger partial charge in [-0.2, -0.15) is 0 Å². The molecule has 0 spiro atoms. The zero-order valence-corrected chi connectivity index (χ0v) is 9.74. The summed E-state index contributed by atoms with van der Waals surface area (Å²) in [7, 11) is 0. The lowest BCUT2D eigenvalue weighted by Crippen LogP contribution is -2.08. The van der Waals surface area contributed by atoms with Crippen LogP contribution in [0.2, 0.25) is 0 Å². The Kier molecular flexibility index (Phi) is 3.91. The third-order valence-electron chi connectivity index (χ3n) is 2.26. The fraction of sp³-hybridized carbons (Fsp3) is 0.143. The normalized spacial score (nSPS) is 10.0. The zero-order chi connectivity index (χ0) is 12.8. The van der Waals surface area contributed by atoms with E-state index in [0.29, 0.717) is 24.7 Å². The summed E-state index contributed by atoms with van der Waals surface area (Å²) in [5.41, 5.74) is 0. The molecule has 0 atom stereocenters. The highest BCUT2D eigenvalue weighted by atomic mass is 16.5. The molecule has 4 nitrogen and oxygen atoms in total. The molecule has 0 bridgehead atoms. The van der Waals surface area contributed by atoms with E-state index in [1.807, 2.05) is 0 Å². The fourth-order valence-electron chi connectivity index (χ4n) is 1.47. The van der Waals surface area contributed by atoms with E-state index in [9.17, 15) is 10.2 Å². The van der Waals surface area contributed by atoms with Gasteiger partial charge in [-0.25, -0.2) is 0 Å². The Bertz CT molecular complexity index is 463. The molecular formula is C14H14O4. The maximum atomic E-state index is 9.24. The Morgan fingerprint density at radius 3 is 1.56 bits per heavy atom. The van der Waals surface area contributed by atoms with Crippen LogP contribution in [0.3, 0.4) is 0 Å². The third kappa shape index (κ3) is 3.59. The monoisotopic (exact) mass is 246 g/mol. The van der Waals surface area contributed by atoms with Gasteiger partial charge in [0.1, 0.15) is 36.2 Å². The average Bonchev–Trinajstić information content (AvgIpc) is 2.35. The van der Waals surface area contributed by atoms with Gasteiger partial charge in [-0.1, -0.05) is 12.1 Å². The number of benzene rings is 2. The first kappa shape index (κ1) is 12.1. The van der Waals surface area contributed by atoms with Crippen LogP contribution in [0.5, 0.6) is 23.0 Å². The standard InChI is InChI=1S/C14H14O4/c15-11-3-1-5-13(9-11)17-7-8-18-14-6-2-4-12(16)10-14/h1-6,9-10,15-16H,7-8H2. The number of hydrogen-bond donors (Lipinski definition) is 2. The van der Waals surface area contributed by atoms with Crippen molar-refractivity contribution in [3.8, 4) is 23.0 Å². The third-order valence-corrected chi connectivity index (χ3v) is 2.26. The van der Waals surface area contributed by atoms with Crippen LogP contribution in [-0.4, -0.2) is 23.4 Å². The van der Waals surface area contributed by atoms with E-state index in [1.54, 1.807) is 36.4 Å². The van der Waals surface area contributed by atoms with Crippen LogP contribution >= 0.6 is 0 Å². The van der Waals surface area contributed by atoms with Gasteiger partial charge in [0.15, 0.2) is 0 Å². The fourth-order valence-corrected chi connectivity index (χ4v) is 1.47. The lowest BCUT2D eigenvalue weighted by Gasteiger charge is -2.08. The van der Waals surface area contributed by atoms with Gasteiger partial charge in [-0.3, -0.25) is 0 Å². The molecule has 0 heterocycles. The minimum Gasteiger partial charge on any atom is -0.508 e. The molecule has 0 saturated carbocycles. The van der Waals surface area contributed by atoms with Crippen LogP contribution in [0.1, 0.15) is 0 Å². The molecule has 0 amide bonds. The minimum atomic E-state index is 0.168. The van der Waals surface area contributed by atoms with Crippen molar-refractivity contribution >= 4 is 0 Å². The van der Waals surface area contributed by atoms with Gasteiger partial charge in [0.05, 0.1) is 0 Å². The van der Waals surface area contributed by atoms with E-state index in [1.165, 1.54) is 12.1 Å². The van der Waals surface area contributed by atoms with E-state index in [4.69, 9.17) is 9.47 Å². The molecule has 0 unspecified atom stereocenters. The number of hydrogen-bond acceptors (Lipinski definition) is 4. The molecule has 18 heavy (non-hydrogen) atoms. The summed E-state index contributed by atoms with van der Waals surface area (Å²) in [6.45, 7) is 0.720. The molecule has 0 aliphatic heterocycles. The molecular weight excluding hydrogens is 232 g/mol. The van der Waals surface area contributed by atoms with Crippen molar-refractivity contribution in [1.82, 2.24) is 0 Å². The van der Waals surface area contributed by atoms with Crippen LogP contribution in [0.4, 0.5) is 0 Å². The second-order valence-corrected chi connectivity index (χ2v) is 3.69. The molecule has 4 heteroatoms. The van der Waals surface area contributed by atoms with Crippen molar-refractivity contribution in [2.45, 2.75) is 0 Å². The van der Waals surface area contributed by atoms with E-state index in [2.05, 4.69) is 0 Å². The van der Waals surface area contributed by atoms with Crippen molar-refractivity contribution in [1.29, 1.82) is 0 Å². The first-order chi connectivity index (χ1) is 8.74.